The maximum Gasteiger partial charge on any atom is 0.281 e. The number of halogens is 2. The summed E-state index contributed by atoms with van der Waals surface area (Å²) in [6, 6.07) is 11.2. The summed E-state index contributed by atoms with van der Waals surface area (Å²) in [4.78, 5) is 42.2. The molecule has 0 saturated heterocycles. The molecule has 3 aromatic heterocycles. The van der Waals surface area contributed by atoms with Crippen molar-refractivity contribution in [1.82, 2.24) is 14.7 Å². The number of aromatic nitrogens is 2. The molecule has 0 bridgehead atoms. The van der Waals surface area contributed by atoms with Crippen LogP contribution < -0.4 is 16.2 Å². The van der Waals surface area contributed by atoms with Gasteiger partial charge in [0.1, 0.15) is 11.4 Å². The van der Waals surface area contributed by atoms with E-state index >= 15 is 0 Å². The second kappa shape index (κ2) is 8.63. The van der Waals surface area contributed by atoms with E-state index in [1.807, 2.05) is 0 Å². The molecule has 0 aliphatic rings. The Kier molecular flexibility index (Phi) is 5.75. The quantitative estimate of drug-likeness (QED) is 0.475. The number of pyridine rings is 1. The van der Waals surface area contributed by atoms with Gasteiger partial charge in [-0.3, -0.25) is 18.8 Å². The van der Waals surface area contributed by atoms with Gasteiger partial charge in [-0.05, 0) is 36.4 Å². The minimum atomic E-state index is -0.651. The molecule has 0 saturated carbocycles. The van der Waals surface area contributed by atoms with Crippen LogP contribution in [-0.4, -0.2) is 21.2 Å². The van der Waals surface area contributed by atoms with Crippen molar-refractivity contribution < 1.29 is 14.0 Å². The Morgan fingerprint density at radius 3 is 2.52 bits per heavy atom. The SMILES string of the molecule is O=C(Nc1cnc2c(C(=O)NCc3ccco3)cccn2c1=O)c1c(Cl)cccc1Cl. The van der Waals surface area contributed by atoms with Gasteiger partial charge in [-0.15, -0.1) is 0 Å². The van der Waals surface area contributed by atoms with Crippen molar-refractivity contribution in [3.05, 3.63) is 98.4 Å². The molecule has 31 heavy (non-hydrogen) atoms. The van der Waals surface area contributed by atoms with E-state index in [0.717, 1.165) is 0 Å². The molecule has 0 aliphatic carbocycles. The number of anilines is 1. The summed E-state index contributed by atoms with van der Waals surface area (Å²) in [6.45, 7) is 0.184. The highest BCUT2D eigenvalue weighted by Crippen LogP contribution is 2.25. The van der Waals surface area contributed by atoms with Gasteiger partial charge >= 0.3 is 0 Å². The van der Waals surface area contributed by atoms with Gasteiger partial charge in [0.25, 0.3) is 17.4 Å². The minimum Gasteiger partial charge on any atom is -0.467 e. The van der Waals surface area contributed by atoms with Gasteiger partial charge in [-0.1, -0.05) is 29.3 Å². The predicted molar refractivity (Wildman–Crippen MR) is 116 cm³/mol. The molecule has 2 amide bonds. The van der Waals surface area contributed by atoms with E-state index in [2.05, 4.69) is 15.6 Å². The maximum absolute atomic E-state index is 12.9. The van der Waals surface area contributed by atoms with E-state index in [1.54, 1.807) is 24.3 Å². The molecule has 0 fully saturated rings. The van der Waals surface area contributed by atoms with Crippen LogP contribution >= 0.6 is 23.2 Å². The lowest BCUT2D eigenvalue weighted by atomic mass is 10.2. The molecule has 1 aromatic carbocycles. The summed E-state index contributed by atoms with van der Waals surface area (Å²) in [5.41, 5.74) is -0.286. The topological polar surface area (TPSA) is 106 Å². The third-order valence-electron chi connectivity index (χ3n) is 4.42. The van der Waals surface area contributed by atoms with E-state index < -0.39 is 17.4 Å². The molecule has 156 valence electrons. The highest BCUT2D eigenvalue weighted by Gasteiger charge is 2.18. The Labute approximate surface area is 185 Å². The molecule has 0 atom stereocenters. The number of carbonyl (C=O) groups is 2. The van der Waals surface area contributed by atoms with Crippen LogP contribution in [0.5, 0.6) is 0 Å². The second-order valence-electron chi connectivity index (χ2n) is 6.41. The fraction of sp³-hybridized carbons (Fsp3) is 0.0476. The molecule has 3 heterocycles. The van der Waals surface area contributed by atoms with Gasteiger partial charge in [0.15, 0.2) is 5.65 Å². The lowest BCUT2D eigenvalue weighted by Gasteiger charge is -2.10. The van der Waals surface area contributed by atoms with E-state index in [9.17, 15) is 14.4 Å². The summed E-state index contributed by atoms with van der Waals surface area (Å²) < 4.78 is 6.36. The Bertz CT molecular complexity index is 1330. The van der Waals surface area contributed by atoms with Gasteiger partial charge in [-0.25, -0.2) is 4.98 Å². The highest BCUT2D eigenvalue weighted by molar-refractivity contribution is 6.40. The largest absolute Gasteiger partial charge is 0.467 e. The number of fused-ring (bicyclic) bond motifs is 1. The van der Waals surface area contributed by atoms with Crippen molar-refractivity contribution in [1.29, 1.82) is 0 Å². The van der Waals surface area contributed by atoms with E-state index in [0.29, 0.717) is 5.76 Å². The summed E-state index contributed by atoms with van der Waals surface area (Å²) in [6.07, 6.45) is 4.14. The van der Waals surface area contributed by atoms with Crippen LogP contribution in [0.4, 0.5) is 5.69 Å². The molecule has 0 spiro atoms. The molecule has 0 radical (unpaired) electrons. The average Bonchev–Trinajstić information content (AvgIpc) is 3.27. The maximum atomic E-state index is 12.9. The van der Waals surface area contributed by atoms with Crippen LogP contribution in [0.25, 0.3) is 5.65 Å². The van der Waals surface area contributed by atoms with Crippen molar-refractivity contribution in [3.63, 3.8) is 0 Å². The summed E-state index contributed by atoms with van der Waals surface area (Å²) >= 11 is 12.1. The zero-order valence-corrected chi connectivity index (χ0v) is 17.3. The fourth-order valence-corrected chi connectivity index (χ4v) is 3.51. The van der Waals surface area contributed by atoms with Crippen molar-refractivity contribution in [2.24, 2.45) is 0 Å². The van der Waals surface area contributed by atoms with Crippen LogP contribution in [-0.2, 0) is 6.54 Å². The lowest BCUT2D eigenvalue weighted by molar-refractivity contribution is 0.0948. The monoisotopic (exact) mass is 456 g/mol. The molecular formula is C21H14Cl2N4O4. The first-order valence-electron chi connectivity index (χ1n) is 9.02. The first-order valence-corrected chi connectivity index (χ1v) is 9.77. The van der Waals surface area contributed by atoms with Crippen LogP contribution in [0, 0.1) is 0 Å². The number of hydrogen-bond acceptors (Lipinski definition) is 5. The molecule has 4 rings (SSSR count). The number of hydrogen-bond donors (Lipinski definition) is 2. The molecule has 8 nitrogen and oxygen atoms in total. The number of rotatable bonds is 5. The minimum absolute atomic E-state index is 0.0429. The highest BCUT2D eigenvalue weighted by atomic mass is 35.5. The normalized spacial score (nSPS) is 10.8. The third kappa shape index (κ3) is 4.16. The Balaban J connectivity index is 1.63. The van der Waals surface area contributed by atoms with Crippen molar-refractivity contribution in [2.45, 2.75) is 6.54 Å². The third-order valence-corrected chi connectivity index (χ3v) is 5.05. The van der Waals surface area contributed by atoms with E-state index in [-0.39, 0.29) is 39.1 Å². The Hall–Kier alpha value is -3.62. The lowest BCUT2D eigenvalue weighted by Crippen LogP contribution is -2.27. The van der Waals surface area contributed by atoms with Gasteiger partial charge in [0.2, 0.25) is 0 Å². The predicted octanol–water partition coefficient (Wildman–Crippen LogP) is 3.78. The first kappa shape index (κ1) is 20.6. The number of nitrogens with one attached hydrogen (secondary N) is 2. The summed E-state index contributed by atoms with van der Waals surface area (Å²) in [5.74, 6) is -0.496. The van der Waals surface area contributed by atoms with Gasteiger partial charge < -0.3 is 15.1 Å². The number of amides is 2. The average molecular weight is 457 g/mol. The Morgan fingerprint density at radius 1 is 1.03 bits per heavy atom. The standard InChI is InChI=1S/C21H14Cl2N4O4/c22-14-6-1-7-15(23)17(14)20(29)26-16-11-24-18-13(5-2-8-27(18)21(16)30)19(28)25-10-12-4-3-9-31-12/h1-9,11H,10H2,(H,25,28)(H,26,29). The van der Waals surface area contributed by atoms with Crippen LogP contribution in [0.1, 0.15) is 26.5 Å². The van der Waals surface area contributed by atoms with E-state index in [1.165, 1.54) is 41.3 Å². The molecule has 0 unspecified atom stereocenters. The molecule has 2 N–H and O–H groups in total. The zero-order valence-electron chi connectivity index (χ0n) is 15.8. The van der Waals surface area contributed by atoms with Crippen LogP contribution in [0.2, 0.25) is 10.0 Å². The second-order valence-corrected chi connectivity index (χ2v) is 7.22. The van der Waals surface area contributed by atoms with Gasteiger partial charge in [0, 0.05) is 6.20 Å². The number of benzene rings is 1. The first-order chi connectivity index (χ1) is 15.0. The summed E-state index contributed by atoms with van der Waals surface area (Å²) in [5, 5.41) is 5.48. The number of furan rings is 1. The molecule has 0 aliphatic heterocycles. The van der Waals surface area contributed by atoms with Crippen LogP contribution in [0.3, 0.4) is 0 Å². The molecular weight excluding hydrogens is 443 g/mol. The summed E-state index contributed by atoms with van der Waals surface area (Å²) in [7, 11) is 0. The van der Waals surface area contributed by atoms with Crippen molar-refractivity contribution in [2.75, 3.05) is 5.32 Å². The van der Waals surface area contributed by atoms with Gasteiger partial charge in [0.05, 0.1) is 40.2 Å². The van der Waals surface area contributed by atoms with Crippen LogP contribution in [0.15, 0.2) is 70.3 Å². The fourth-order valence-electron chi connectivity index (χ4n) is 2.94. The molecule has 4 aromatic rings. The number of carbonyl (C=O) groups excluding carboxylic acids is 2. The molecule has 10 heteroatoms. The van der Waals surface area contributed by atoms with E-state index in [4.69, 9.17) is 27.6 Å². The number of nitrogens with zero attached hydrogens (tertiary/aromatic N) is 2. The van der Waals surface area contributed by atoms with Crippen molar-refractivity contribution in [3.8, 4) is 0 Å². The van der Waals surface area contributed by atoms with Crippen molar-refractivity contribution >= 4 is 46.4 Å². The smallest absolute Gasteiger partial charge is 0.281 e. The zero-order chi connectivity index (χ0) is 22.0. The van der Waals surface area contributed by atoms with Gasteiger partial charge in [-0.2, -0.15) is 0 Å². The Morgan fingerprint density at radius 2 is 1.81 bits per heavy atom.